The number of carbonyl (C=O) groups excluding carboxylic acids is 1. The third-order valence-corrected chi connectivity index (χ3v) is 5.01. The van der Waals surface area contributed by atoms with Gasteiger partial charge in [0.2, 0.25) is 3.79 Å². The van der Waals surface area contributed by atoms with Gasteiger partial charge < -0.3 is 20.3 Å². The van der Waals surface area contributed by atoms with Crippen LogP contribution in [0.25, 0.3) is 0 Å². The highest BCUT2D eigenvalue weighted by Crippen LogP contribution is 2.29. The van der Waals surface area contributed by atoms with Crippen LogP contribution in [0.5, 0.6) is 0 Å². The minimum atomic E-state index is -1.78. The van der Waals surface area contributed by atoms with Crippen LogP contribution in [-0.2, 0) is 4.74 Å². The fourth-order valence-electron chi connectivity index (χ4n) is 2.04. The molecule has 10 heteroatoms. The highest BCUT2D eigenvalue weighted by Gasteiger charge is 2.35. The number of carbonyl (C=O) groups is 1. The van der Waals surface area contributed by atoms with Crippen molar-refractivity contribution < 1.29 is 9.53 Å². The molecule has 1 aromatic carbocycles. The van der Waals surface area contributed by atoms with E-state index < -0.39 is 15.9 Å². The van der Waals surface area contributed by atoms with Gasteiger partial charge in [-0.3, -0.25) is 4.79 Å². The number of amides is 1. The lowest BCUT2D eigenvalue weighted by Crippen LogP contribution is -2.59. The monoisotopic (exact) mass is 473 g/mol. The van der Waals surface area contributed by atoms with Crippen molar-refractivity contribution in [1.82, 2.24) is 15.5 Å². The predicted molar refractivity (Wildman–Crippen MR) is 104 cm³/mol. The van der Waals surface area contributed by atoms with Gasteiger partial charge in [-0.05, 0) is 40.3 Å². The Balaban J connectivity index is 2.07. The van der Waals surface area contributed by atoms with E-state index in [1.54, 1.807) is 24.3 Å². The van der Waals surface area contributed by atoms with Gasteiger partial charge in [0.1, 0.15) is 6.17 Å². The van der Waals surface area contributed by atoms with E-state index in [0.29, 0.717) is 41.5 Å². The van der Waals surface area contributed by atoms with E-state index in [-0.39, 0.29) is 0 Å². The lowest BCUT2D eigenvalue weighted by Gasteiger charge is -2.34. The Hall–Kier alpha value is -0.310. The zero-order valence-corrected chi connectivity index (χ0v) is 17.1. The number of hydrogen-bond acceptors (Lipinski definition) is 3. The molecule has 132 valence electrons. The summed E-state index contributed by atoms with van der Waals surface area (Å²) in [5, 5.41) is 5.96. The highest BCUT2D eigenvalue weighted by atomic mass is 79.9. The molecule has 0 spiro atoms. The van der Waals surface area contributed by atoms with Crippen LogP contribution in [0.4, 0.5) is 0 Å². The first-order valence-corrected chi connectivity index (χ1v) is 9.38. The van der Waals surface area contributed by atoms with Crippen LogP contribution in [0.15, 0.2) is 28.7 Å². The molecule has 1 heterocycles. The van der Waals surface area contributed by atoms with Crippen molar-refractivity contribution in [1.29, 1.82) is 0 Å². The normalized spacial score (nSPS) is 16.4. The fraction of sp³-hybridized carbons (Fsp3) is 0.429. The Kier molecular flexibility index (Phi) is 7.39. The summed E-state index contributed by atoms with van der Waals surface area (Å²) < 4.78 is 4.13. The first kappa shape index (κ1) is 20.0. The Morgan fingerprint density at radius 3 is 2.46 bits per heavy atom. The number of ether oxygens (including phenoxy) is 1. The smallest absolute Gasteiger partial charge is 0.254 e. The maximum absolute atomic E-state index is 12.4. The van der Waals surface area contributed by atoms with E-state index in [0.717, 1.165) is 0 Å². The van der Waals surface area contributed by atoms with Crippen molar-refractivity contribution in [2.45, 2.75) is 9.96 Å². The van der Waals surface area contributed by atoms with Gasteiger partial charge in [0, 0.05) is 17.6 Å². The summed E-state index contributed by atoms with van der Waals surface area (Å²) in [6, 6.07) is 6.97. The third kappa shape index (κ3) is 5.61. The quantitative estimate of drug-likeness (QED) is 0.400. The van der Waals surface area contributed by atoms with Crippen LogP contribution >= 0.6 is 63.0 Å². The van der Waals surface area contributed by atoms with E-state index in [4.69, 9.17) is 51.8 Å². The molecule has 5 nitrogen and oxygen atoms in total. The number of nitrogens with zero attached hydrogens (tertiary/aromatic N) is 1. The number of morpholine rings is 1. The molecule has 1 saturated heterocycles. The Morgan fingerprint density at radius 2 is 1.88 bits per heavy atom. The predicted octanol–water partition coefficient (Wildman–Crippen LogP) is 3.08. The maximum Gasteiger partial charge on any atom is 0.254 e. The Morgan fingerprint density at radius 1 is 1.25 bits per heavy atom. The molecule has 0 aromatic heterocycles. The molecule has 1 atom stereocenters. The number of thiocarbonyl (C=S) groups is 1. The molecule has 0 radical (unpaired) electrons. The van der Waals surface area contributed by atoms with E-state index in [9.17, 15) is 4.79 Å². The van der Waals surface area contributed by atoms with Crippen molar-refractivity contribution in [2.75, 3.05) is 26.3 Å². The van der Waals surface area contributed by atoms with Crippen LogP contribution in [0.1, 0.15) is 10.4 Å². The second kappa shape index (κ2) is 8.87. The molecule has 0 unspecified atom stereocenters. The molecule has 24 heavy (non-hydrogen) atoms. The van der Waals surface area contributed by atoms with Gasteiger partial charge in [-0.25, -0.2) is 0 Å². The van der Waals surface area contributed by atoms with E-state index in [1.807, 2.05) is 4.90 Å². The van der Waals surface area contributed by atoms with Crippen molar-refractivity contribution in [3.05, 3.63) is 34.3 Å². The van der Waals surface area contributed by atoms with Crippen molar-refractivity contribution in [3.63, 3.8) is 0 Å². The molecule has 2 N–H and O–H groups in total. The topological polar surface area (TPSA) is 53.6 Å². The fourth-order valence-corrected chi connectivity index (χ4v) is 3.13. The summed E-state index contributed by atoms with van der Waals surface area (Å²) in [5.74, 6) is -0.393. The molecule has 0 bridgehead atoms. The summed E-state index contributed by atoms with van der Waals surface area (Å²) in [6.07, 6.45) is -0.988. The summed E-state index contributed by atoms with van der Waals surface area (Å²) in [5.41, 5.74) is 0.427. The van der Waals surface area contributed by atoms with Crippen molar-refractivity contribution in [2.24, 2.45) is 0 Å². The van der Waals surface area contributed by atoms with Gasteiger partial charge >= 0.3 is 0 Å². The largest absolute Gasteiger partial charge is 0.378 e. The average Bonchev–Trinajstić information content (AvgIpc) is 2.54. The van der Waals surface area contributed by atoms with E-state index in [2.05, 4.69) is 26.6 Å². The number of nitrogens with one attached hydrogen (secondary N) is 2. The zero-order valence-electron chi connectivity index (χ0n) is 12.4. The first-order chi connectivity index (χ1) is 11.3. The van der Waals surface area contributed by atoms with Crippen LogP contribution in [0, 0.1) is 0 Å². The SMILES string of the molecule is O=C(N[C@H](NC(=S)N1CCOCC1)C(Cl)(Cl)Cl)c1ccccc1Br. The maximum atomic E-state index is 12.4. The molecule has 1 amide bonds. The summed E-state index contributed by atoms with van der Waals surface area (Å²) in [7, 11) is 0. The van der Waals surface area contributed by atoms with E-state index >= 15 is 0 Å². The number of hydrogen-bond donors (Lipinski definition) is 2. The lowest BCUT2D eigenvalue weighted by atomic mass is 10.2. The number of rotatable bonds is 3. The molecule has 2 rings (SSSR count). The van der Waals surface area contributed by atoms with Gasteiger partial charge in [0.25, 0.3) is 5.91 Å². The minimum Gasteiger partial charge on any atom is -0.378 e. The molecule has 0 aliphatic carbocycles. The molecule has 0 saturated carbocycles. The standard InChI is InChI=1S/C14H15BrCl3N3O2S/c15-10-4-2-1-3-9(10)11(22)19-12(14(16,17)18)20-13(24)21-5-7-23-8-6-21/h1-4,12H,5-8H2,(H,19,22)(H,20,24)/t12-/m1/s1. The van der Waals surface area contributed by atoms with Gasteiger partial charge in [0.05, 0.1) is 18.8 Å². The first-order valence-electron chi connectivity index (χ1n) is 7.04. The lowest BCUT2D eigenvalue weighted by molar-refractivity contribution is 0.0671. The Labute approximate surface area is 169 Å². The molecular formula is C14H15BrCl3N3O2S. The number of benzene rings is 1. The van der Waals surface area contributed by atoms with Gasteiger partial charge in [-0.15, -0.1) is 0 Å². The summed E-state index contributed by atoms with van der Waals surface area (Å²) in [6.45, 7) is 2.42. The second-order valence-corrected chi connectivity index (χ2v) is 8.59. The zero-order chi connectivity index (χ0) is 17.7. The van der Waals surface area contributed by atoms with E-state index in [1.165, 1.54) is 0 Å². The summed E-state index contributed by atoms with van der Waals surface area (Å²) in [4.78, 5) is 14.3. The van der Waals surface area contributed by atoms with Crippen LogP contribution in [0.3, 0.4) is 0 Å². The van der Waals surface area contributed by atoms with Gasteiger partial charge in [-0.1, -0.05) is 46.9 Å². The van der Waals surface area contributed by atoms with Crippen LogP contribution in [-0.4, -0.2) is 52.2 Å². The van der Waals surface area contributed by atoms with Gasteiger partial charge in [0.15, 0.2) is 5.11 Å². The summed E-state index contributed by atoms with van der Waals surface area (Å²) >= 11 is 26.6. The molecule has 1 aliphatic rings. The van der Waals surface area contributed by atoms with Gasteiger partial charge in [-0.2, -0.15) is 0 Å². The average molecular weight is 476 g/mol. The number of halogens is 4. The number of alkyl halides is 3. The van der Waals surface area contributed by atoms with Crippen molar-refractivity contribution in [3.8, 4) is 0 Å². The molecule has 1 aliphatic heterocycles. The van der Waals surface area contributed by atoms with Crippen LogP contribution < -0.4 is 10.6 Å². The minimum absolute atomic E-state index is 0.391. The molecule has 1 aromatic rings. The van der Waals surface area contributed by atoms with Crippen LogP contribution in [0.2, 0.25) is 0 Å². The Bertz CT molecular complexity index is 609. The third-order valence-electron chi connectivity index (χ3n) is 3.29. The molecular weight excluding hydrogens is 461 g/mol. The molecule has 1 fully saturated rings. The van der Waals surface area contributed by atoms with Crippen molar-refractivity contribution >= 4 is 74.0 Å². The highest BCUT2D eigenvalue weighted by molar-refractivity contribution is 9.10. The second-order valence-electron chi connectivity index (χ2n) is 4.98.